The van der Waals surface area contributed by atoms with Crippen LogP contribution in [0.5, 0.6) is 5.75 Å². The summed E-state index contributed by atoms with van der Waals surface area (Å²) in [6.07, 6.45) is 0.777. The molecule has 0 spiro atoms. The molecule has 8 heteroatoms. The molecule has 2 N–H and O–H groups in total. The summed E-state index contributed by atoms with van der Waals surface area (Å²) >= 11 is 0. The number of benzene rings is 2. The maximum Gasteiger partial charge on any atom is 0.338 e. The third kappa shape index (κ3) is 3.91. The Morgan fingerprint density at radius 2 is 1.97 bits per heavy atom. The lowest BCUT2D eigenvalue weighted by atomic mass is 10.1. The molecule has 8 nitrogen and oxygen atoms in total. The fourth-order valence-corrected chi connectivity index (χ4v) is 3.78. The first kappa shape index (κ1) is 21.4. The maximum absolute atomic E-state index is 12.0. The number of amidine groups is 1. The van der Waals surface area contributed by atoms with Crippen LogP contribution in [0.1, 0.15) is 35.1 Å². The highest BCUT2D eigenvalue weighted by Gasteiger charge is 2.31. The van der Waals surface area contributed by atoms with E-state index < -0.39 is 0 Å². The van der Waals surface area contributed by atoms with Crippen LogP contribution in [0.4, 0.5) is 0 Å². The molecule has 2 aromatic carbocycles. The number of esters is 1. The molecule has 1 aromatic heterocycles. The van der Waals surface area contributed by atoms with Crippen LogP contribution in [0, 0.1) is 5.41 Å². The van der Waals surface area contributed by atoms with Gasteiger partial charge in [-0.05, 0) is 36.2 Å². The fraction of sp³-hybridized carbons (Fsp3) is 0.292. The topological polar surface area (TPSA) is 101 Å². The fourth-order valence-electron chi connectivity index (χ4n) is 3.78. The molecule has 0 saturated heterocycles. The number of hydrogen-bond acceptors (Lipinski definition) is 6. The van der Waals surface area contributed by atoms with Crippen LogP contribution in [0.2, 0.25) is 0 Å². The number of methoxy groups -OCH3 is 1. The van der Waals surface area contributed by atoms with Gasteiger partial charge in [-0.25, -0.2) is 9.78 Å². The van der Waals surface area contributed by atoms with E-state index in [-0.39, 0.29) is 24.1 Å². The first-order chi connectivity index (χ1) is 15.4. The Labute approximate surface area is 186 Å². The molecule has 0 amide bonds. The summed E-state index contributed by atoms with van der Waals surface area (Å²) in [6.45, 7) is 2.99. The van der Waals surface area contributed by atoms with Crippen LogP contribution in [-0.4, -0.2) is 51.6 Å². The van der Waals surface area contributed by atoms with Crippen LogP contribution in [0.15, 0.2) is 48.2 Å². The van der Waals surface area contributed by atoms with E-state index in [1.807, 2.05) is 48.9 Å². The van der Waals surface area contributed by atoms with Gasteiger partial charge in [0.1, 0.15) is 23.2 Å². The summed E-state index contributed by atoms with van der Waals surface area (Å²) < 4.78 is 12.3. The van der Waals surface area contributed by atoms with Gasteiger partial charge in [0.25, 0.3) is 0 Å². The van der Waals surface area contributed by atoms with Gasteiger partial charge in [-0.15, -0.1) is 0 Å². The predicted molar refractivity (Wildman–Crippen MR) is 122 cm³/mol. The van der Waals surface area contributed by atoms with Crippen molar-refractivity contribution >= 4 is 28.4 Å². The Morgan fingerprint density at radius 3 is 2.66 bits per heavy atom. The summed E-state index contributed by atoms with van der Waals surface area (Å²) in [5, 5.41) is 19.3. The van der Waals surface area contributed by atoms with E-state index in [0.29, 0.717) is 35.9 Å². The molecule has 0 aliphatic carbocycles. The Morgan fingerprint density at radius 1 is 1.22 bits per heavy atom. The molecule has 0 fully saturated rings. The van der Waals surface area contributed by atoms with Crippen LogP contribution in [0.25, 0.3) is 16.6 Å². The monoisotopic (exact) mass is 434 g/mol. The minimum Gasteiger partial charge on any atom is -0.510 e. The van der Waals surface area contributed by atoms with E-state index >= 15 is 0 Å². The molecule has 1 aliphatic heterocycles. The molecule has 0 radical (unpaired) electrons. The number of hydrogen-bond donors (Lipinski definition) is 2. The summed E-state index contributed by atoms with van der Waals surface area (Å²) in [5.41, 5.74) is 3.46. The molecule has 2 heterocycles. The molecule has 0 unspecified atom stereocenters. The van der Waals surface area contributed by atoms with Gasteiger partial charge in [0.2, 0.25) is 0 Å². The number of nitrogens with one attached hydrogen (secondary N) is 1. The molecule has 0 bridgehead atoms. The number of carbonyl (C=O) groups is 1. The summed E-state index contributed by atoms with van der Waals surface area (Å²) in [6, 6.07) is 12.7. The number of aryl methyl sites for hydroxylation is 1. The predicted octanol–water partition coefficient (Wildman–Crippen LogP) is 3.91. The number of aliphatic hydroxyl groups is 1. The molecule has 166 valence electrons. The highest BCUT2D eigenvalue weighted by Crippen LogP contribution is 2.31. The minimum atomic E-state index is -0.340. The number of aliphatic hydroxyl groups excluding tert-OH is 1. The third-order valence-corrected chi connectivity index (χ3v) is 5.49. The molecule has 32 heavy (non-hydrogen) atoms. The lowest BCUT2D eigenvalue weighted by molar-refractivity contribution is 0.0505. The second-order valence-corrected chi connectivity index (χ2v) is 7.71. The number of imidazole rings is 1. The van der Waals surface area contributed by atoms with Crippen molar-refractivity contribution in [2.45, 2.75) is 19.9 Å². The SMILES string of the molecule is CCCOC(=O)c1ccc(CN2CC(O)=C(c3nc4cc(OC)ccc4n3C)C2=N)cc1. The van der Waals surface area contributed by atoms with Crippen molar-refractivity contribution in [1.82, 2.24) is 14.5 Å². The third-order valence-electron chi connectivity index (χ3n) is 5.49. The van der Waals surface area contributed by atoms with E-state index in [2.05, 4.69) is 4.98 Å². The van der Waals surface area contributed by atoms with Crippen molar-refractivity contribution < 1.29 is 19.4 Å². The van der Waals surface area contributed by atoms with Crippen LogP contribution in [-0.2, 0) is 18.3 Å². The Balaban J connectivity index is 1.52. The van der Waals surface area contributed by atoms with Crippen LogP contribution >= 0.6 is 0 Å². The first-order valence-corrected chi connectivity index (χ1v) is 10.5. The second-order valence-electron chi connectivity index (χ2n) is 7.71. The van der Waals surface area contributed by atoms with Crippen molar-refractivity contribution in [1.29, 1.82) is 5.41 Å². The van der Waals surface area contributed by atoms with Gasteiger partial charge in [0.05, 0.1) is 42.4 Å². The lowest BCUT2D eigenvalue weighted by Crippen LogP contribution is -2.26. The zero-order chi connectivity index (χ0) is 22.8. The van der Waals surface area contributed by atoms with Gasteiger partial charge in [0, 0.05) is 19.7 Å². The van der Waals surface area contributed by atoms with E-state index in [1.165, 1.54) is 0 Å². The highest BCUT2D eigenvalue weighted by molar-refractivity contribution is 6.23. The number of fused-ring (bicyclic) bond motifs is 1. The summed E-state index contributed by atoms with van der Waals surface area (Å²) in [7, 11) is 3.47. The summed E-state index contributed by atoms with van der Waals surface area (Å²) in [4.78, 5) is 18.4. The van der Waals surface area contributed by atoms with Crippen molar-refractivity contribution in [3.63, 3.8) is 0 Å². The zero-order valence-electron chi connectivity index (χ0n) is 18.4. The number of aromatic nitrogens is 2. The average Bonchev–Trinajstić information content (AvgIpc) is 3.26. The van der Waals surface area contributed by atoms with Gasteiger partial charge < -0.3 is 24.0 Å². The van der Waals surface area contributed by atoms with Crippen molar-refractivity contribution in [2.24, 2.45) is 7.05 Å². The quantitative estimate of drug-likeness (QED) is 0.547. The number of rotatable bonds is 7. The maximum atomic E-state index is 12.0. The second kappa shape index (κ2) is 8.74. The van der Waals surface area contributed by atoms with E-state index in [0.717, 1.165) is 23.0 Å². The largest absolute Gasteiger partial charge is 0.510 e. The molecule has 4 rings (SSSR count). The smallest absolute Gasteiger partial charge is 0.338 e. The summed E-state index contributed by atoms with van der Waals surface area (Å²) in [5.74, 6) is 1.21. The zero-order valence-corrected chi connectivity index (χ0v) is 18.4. The average molecular weight is 434 g/mol. The van der Waals surface area contributed by atoms with Crippen molar-refractivity contribution in [3.8, 4) is 5.75 Å². The van der Waals surface area contributed by atoms with Crippen molar-refractivity contribution in [3.05, 3.63) is 65.2 Å². The first-order valence-electron chi connectivity index (χ1n) is 10.5. The van der Waals surface area contributed by atoms with Gasteiger partial charge in [0.15, 0.2) is 0 Å². The Kier molecular flexibility index (Phi) is 5.85. The molecular weight excluding hydrogens is 408 g/mol. The van der Waals surface area contributed by atoms with Gasteiger partial charge in [-0.2, -0.15) is 0 Å². The molecule has 0 atom stereocenters. The van der Waals surface area contributed by atoms with E-state index in [4.69, 9.17) is 14.9 Å². The molecular formula is C24H26N4O4. The lowest BCUT2D eigenvalue weighted by Gasteiger charge is -2.19. The molecule has 1 aliphatic rings. The molecule has 0 saturated carbocycles. The number of nitrogens with zero attached hydrogens (tertiary/aromatic N) is 3. The van der Waals surface area contributed by atoms with Crippen molar-refractivity contribution in [2.75, 3.05) is 20.3 Å². The highest BCUT2D eigenvalue weighted by atomic mass is 16.5. The molecule has 3 aromatic rings. The normalized spacial score (nSPS) is 13.8. The van der Waals surface area contributed by atoms with Gasteiger partial charge in [-0.1, -0.05) is 19.1 Å². The Hall–Kier alpha value is -3.81. The van der Waals surface area contributed by atoms with E-state index in [1.54, 1.807) is 24.1 Å². The standard InChI is InChI=1S/C24H26N4O4/c1-4-11-32-24(30)16-7-5-15(6-8-16)13-28-14-20(29)21(22(28)25)23-26-18-12-17(31-3)9-10-19(18)27(23)2/h5-10,12,25,29H,4,11,13-14H2,1-3H3. The van der Waals surface area contributed by atoms with Crippen LogP contribution < -0.4 is 4.74 Å². The Bertz CT molecular complexity index is 1210. The number of ether oxygens (including phenoxy) is 2. The minimum absolute atomic E-state index is 0.111. The van der Waals surface area contributed by atoms with Gasteiger partial charge in [-0.3, -0.25) is 5.41 Å². The van der Waals surface area contributed by atoms with Crippen LogP contribution in [0.3, 0.4) is 0 Å². The van der Waals surface area contributed by atoms with Gasteiger partial charge >= 0.3 is 5.97 Å². The number of carbonyl (C=O) groups excluding carboxylic acids is 1. The van der Waals surface area contributed by atoms with E-state index in [9.17, 15) is 9.90 Å².